The van der Waals surface area contributed by atoms with E-state index in [1.807, 2.05) is 43.3 Å². The van der Waals surface area contributed by atoms with Gasteiger partial charge >= 0.3 is 0 Å². The summed E-state index contributed by atoms with van der Waals surface area (Å²) in [4.78, 5) is 2.05. The number of nitrogens with zero attached hydrogens (tertiary/aromatic N) is 1. The molecule has 0 aliphatic rings. The van der Waals surface area contributed by atoms with Crippen LogP contribution in [0.1, 0.15) is 16.9 Å². The molecule has 0 bridgehead atoms. The molecule has 3 rings (SSSR count). The third-order valence-corrected chi connectivity index (χ3v) is 4.27. The van der Waals surface area contributed by atoms with Crippen molar-refractivity contribution in [2.75, 3.05) is 13.2 Å². The molecule has 0 saturated heterocycles. The highest BCUT2D eigenvalue weighted by atomic mass is 19.1. The van der Waals surface area contributed by atoms with E-state index in [-0.39, 0.29) is 12.4 Å². The summed E-state index contributed by atoms with van der Waals surface area (Å²) in [6, 6.07) is 17.8. The number of furan rings is 1. The normalized spacial score (nSPS) is 12.3. The summed E-state index contributed by atoms with van der Waals surface area (Å²) in [5, 5.41) is 10.5. The first-order chi connectivity index (χ1) is 13.1. The van der Waals surface area contributed by atoms with E-state index < -0.39 is 6.10 Å². The lowest BCUT2D eigenvalue weighted by Gasteiger charge is -2.24. The number of halogens is 1. The molecule has 3 aromatic rings. The summed E-state index contributed by atoms with van der Waals surface area (Å²) in [6.45, 7) is 3.69. The van der Waals surface area contributed by atoms with Gasteiger partial charge in [-0.05, 0) is 48.4 Å². The molecular formula is C22H24FNO3. The topological polar surface area (TPSA) is 45.8 Å². The molecule has 0 amide bonds. The Morgan fingerprint density at radius 2 is 1.81 bits per heavy atom. The molecule has 1 heterocycles. The first kappa shape index (κ1) is 19.1. The molecule has 0 aliphatic carbocycles. The molecule has 0 saturated carbocycles. The van der Waals surface area contributed by atoms with Crippen LogP contribution in [0.5, 0.6) is 5.75 Å². The number of aryl methyl sites for hydroxylation is 1. The number of benzene rings is 2. The highest BCUT2D eigenvalue weighted by Crippen LogP contribution is 2.17. The maximum atomic E-state index is 13.1. The molecule has 1 aromatic heterocycles. The smallest absolute Gasteiger partial charge is 0.123 e. The Hall–Kier alpha value is -2.63. The van der Waals surface area contributed by atoms with Crippen LogP contribution in [0, 0.1) is 12.7 Å². The summed E-state index contributed by atoms with van der Waals surface area (Å²) in [6.07, 6.45) is 0.961. The van der Waals surface area contributed by atoms with Gasteiger partial charge in [0.15, 0.2) is 0 Å². The SMILES string of the molecule is Cc1ccccc1OC[C@H](O)CN(Cc1ccc(F)cc1)Cc1ccco1. The predicted octanol–water partition coefficient (Wildman–Crippen LogP) is 4.17. The van der Waals surface area contributed by atoms with Crippen LogP contribution in [0.3, 0.4) is 0 Å². The quantitative estimate of drug-likeness (QED) is 0.615. The molecule has 0 fully saturated rings. The summed E-state index contributed by atoms with van der Waals surface area (Å²) >= 11 is 0. The summed E-state index contributed by atoms with van der Waals surface area (Å²) < 4.78 is 24.3. The van der Waals surface area contributed by atoms with Crippen LogP contribution < -0.4 is 4.74 Å². The van der Waals surface area contributed by atoms with Crippen LogP contribution in [0.4, 0.5) is 4.39 Å². The van der Waals surface area contributed by atoms with Crippen LogP contribution in [-0.4, -0.2) is 29.3 Å². The number of hydrogen-bond acceptors (Lipinski definition) is 4. The number of rotatable bonds is 9. The number of para-hydroxylation sites is 1. The second kappa shape index (κ2) is 9.35. The fourth-order valence-electron chi connectivity index (χ4n) is 2.91. The summed E-state index contributed by atoms with van der Waals surface area (Å²) in [5.41, 5.74) is 2.00. The fraction of sp³-hybridized carbons (Fsp3) is 0.273. The lowest BCUT2D eigenvalue weighted by atomic mass is 10.2. The van der Waals surface area contributed by atoms with Crippen molar-refractivity contribution in [2.45, 2.75) is 26.1 Å². The summed E-state index contributed by atoms with van der Waals surface area (Å²) in [7, 11) is 0. The monoisotopic (exact) mass is 369 g/mol. The Kier molecular flexibility index (Phi) is 6.63. The minimum Gasteiger partial charge on any atom is -0.491 e. The number of hydrogen-bond donors (Lipinski definition) is 1. The Morgan fingerprint density at radius 3 is 2.52 bits per heavy atom. The van der Waals surface area contributed by atoms with Crippen LogP contribution >= 0.6 is 0 Å². The molecule has 0 spiro atoms. The fourth-order valence-corrected chi connectivity index (χ4v) is 2.91. The van der Waals surface area contributed by atoms with E-state index >= 15 is 0 Å². The lowest BCUT2D eigenvalue weighted by molar-refractivity contribution is 0.0602. The first-order valence-electron chi connectivity index (χ1n) is 8.96. The highest BCUT2D eigenvalue weighted by Gasteiger charge is 2.15. The van der Waals surface area contributed by atoms with Gasteiger partial charge in [-0.2, -0.15) is 0 Å². The Bertz CT molecular complexity index is 818. The van der Waals surface area contributed by atoms with Gasteiger partial charge in [-0.15, -0.1) is 0 Å². The van der Waals surface area contributed by atoms with Gasteiger partial charge in [0.2, 0.25) is 0 Å². The van der Waals surface area contributed by atoms with Crippen molar-refractivity contribution >= 4 is 0 Å². The van der Waals surface area contributed by atoms with Crippen molar-refractivity contribution in [2.24, 2.45) is 0 Å². The molecule has 5 heteroatoms. The van der Waals surface area contributed by atoms with E-state index in [9.17, 15) is 9.50 Å². The minimum atomic E-state index is -0.667. The summed E-state index contributed by atoms with van der Waals surface area (Å²) in [5.74, 6) is 1.32. The molecule has 4 nitrogen and oxygen atoms in total. The average molecular weight is 369 g/mol. The van der Waals surface area contributed by atoms with E-state index in [1.165, 1.54) is 12.1 Å². The average Bonchev–Trinajstić information content (AvgIpc) is 3.16. The second-order valence-electron chi connectivity index (χ2n) is 6.61. The van der Waals surface area contributed by atoms with Crippen LogP contribution in [-0.2, 0) is 13.1 Å². The number of ether oxygens (including phenoxy) is 1. The Labute approximate surface area is 158 Å². The zero-order chi connectivity index (χ0) is 19.1. The van der Waals surface area contributed by atoms with Crippen molar-refractivity contribution in [3.63, 3.8) is 0 Å². The van der Waals surface area contributed by atoms with Crippen molar-refractivity contribution in [1.29, 1.82) is 0 Å². The van der Waals surface area contributed by atoms with E-state index in [1.54, 1.807) is 18.4 Å². The highest BCUT2D eigenvalue weighted by molar-refractivity contribution is 5.31. The molecule has 0 aliphatic heterocycles. The third-order valence-electron chi connectivity index (χ3n) is 4.27. The minimum absolute atomic E-state index is 0.197. The molecule has 1 atom stereocenters. The largest absolute Gasteiger partial charge is 0.491 e. The van der Waals surface area contributed by atoms with Crippen molar-refractivity contribution < 1.29 is 18.7 Å². The zero-order valence-electron chi connectivity index (χ0n) is 15.3. The van der Waals surface area contributed by atoms with E-state index in [0.717, 1.165) is 22.6 Å². The molecule has 2 aromatic carbocycles. The molecule has 0 unspecified atom stereocenters. The van der Waals surface area contributed by atoms with E-state index in [4.69, 9.17) is 9.15 Å². The second-order valence-corrected chi connectivity index (χ2v) is 6.61. The van der Waals surface area contributed by atoms with E-state index in [2.05, 4.69) is 4.90 Å². The maximum absolute atomic E-state index is 13.1. The van der Waals surface area contributed by atoms with Gasteiger partial charge in [0.05, 0.1) is 12.8 Å². The predicted molar refractivity (Wildman–Crippen MR) is 102 cm³/mol. The standard InChI is InChI=1S/C22H24FNO3/c1-17-5-2-3-7-22(17)27-16-20(25)14-24(15-21-6-4-12-26-21)13-18-8-10-19(23)11-9-18/h2-12,20,25H,13-16H2,1H3/t20-/m1/s1. The van der Waals surface area contributed by atoms with Gasteiger partial charge in [-0.25, -0.2) is 4.39 Å². The Morgan fingerprint density at radius 1 is 1.04 bits per heavy atom. The molecule has 142 valence electrons. The van der Waals surface area contributed by atoms with E-state index in [0.29, 0.717) is 19.6 Å². The van der Waals surface area contributed by atoms with Crippen LogP contribution in [0.25, 0.3) is 0 Å². The van der Waals surface area contributed by atoms with Crippen molar-refractivity contribution in [3.05, 3.63) is 89.6 Å². The van der Waals surface area contributed by atoms with Gasteiger partial charge in [-0.1, -0.05) is 30.3 Å². The third kappa shape index (κ3) is 5.94. The van der Waals surface area contributed by atoms with Crippen molar-refractivity contribution in [3.8, 4) is 5.75 Å². The Balaban J connectivity index is 1.61. The zero-order valence-corrected chi connectivity index (χ0v) is 15.3. The van der Waals surface area contributed by atoms with Gasteiger partial charge in [0.25, 0.3) is 0 Å². The van der Waals surface area contributed by atoms with Crippen LogP contribution in [0.2, 0.25) is 0 Å². The number of aliphatic hydroxyl groups excluding tert-OH is 1. The maximum Gasteiger partial charge on any atom is 0.123 e. The lowest BCUT2D eigenvalue weighted by Crippen LogP contribution is -2.35. The first-order valence-corrected chi connectivity index (χ1v) is 8.96. The van der Waals surface area contributed by atoms with Gasteiger partial charge in [0, 0.05) is 13.1 Å². The van der Waals surface area contributed by atoms with Gasteiger partial charge < -0.3 is 14.3 Å². The molecule has 0 radical (unpaired) electrons. The van der Waals surface area contributed by atoms with Gasteiger partial charge in [-0.3, -0.25) is 4.90 Å². The molecule has 27 heavy (non-hydrogen) atoms. The molecular weight excluding hydrogens is 345 g/mol. The molecule has 1 N–H and O–H groups in total. The van der Waals surface area contributed by atoms with Crippen LogP contribution in [0.15, 0.2) is 71.3 Å². The number of aliphatic hydroxyl groups is 1. The van der Waals surface area contributed by atoms with Gasteiger partial charge in [0.1, 0.15) is 30.0 Å². The van der Waals surface area contributed by atoms with Crippen molar-refractivity contribution in [1.82, 2.24) is 4.90 Å².